The Labute approximate surface area is 124 Å². The highest BCUT2D eigenvalue weighted by molar-refractivity contribution is 5.81. The highest BCUT2D eigenvalue weighted by Crippen LogP contribution is 2.28. The Kier molecular flexibility index (Phi) is 4.90. The number of nitrogens with one attached hydrogen (secondary N) is 1. The predicted molar refractivity (Wildman–Crippen MR) is 79.7 cm³/mol. The van der Waals surface area contributed by atoms with Crippen LogP contribution in [0, 0.1) is 10.1 Å². The Hall–Kier alpha value is -1.95. The topological polar surface area (TPSA) is 75.5 Å². The minimum absolute atomic E-state index is 0.0650. The first-order valence-corrected chi connectivity index (χ1v) is 7.37. The lowest BCUT2D eigenvalue weighted by molar-refractivity contribution is -0.384. The van der Waals surface area contributed by atoms with Crippen molar-refractivity contribution >= 4 is 11.6 Å². The molecule has 2 atom stereocenters. The van der Waals surface area contributed by atoms with Crippen molar-refractivity contribution in [3.05, 3.63) is 39.9 Å². The summed E-state index contributed by atoms with van der Waals surface area (Å²) in [6.45, 7) is 4.51. The molecule has 1 aromatic rings. The van der Waals surface area contributed by atoms with Gasteiger partial charge in [0.25, 0.3) is 5.69 Å². The fourth-order valence-corrected chi connectivity index (χ4v) is 2.86. The van der Waals surface area contributed by atoms with Crippen molar-refractivity contribution in [3.8, 4) is 0 Å². The maximum atomic E-state index is 12.2. The normalized spacial score (nSPS) is 19.8. The number of carbonyl (C=O) groups is 1. The van der Waals surface area contributed by atoms with Gasteiger partial charge in [-0.1, -0.05) is 20.3 Å². The van der Waals surface area contributed by atoms with Gasteiger partial charge < -0.3 is 4.90 Å². The number of rotatable bonds is 6. The van der Waals surface area contributed by atoms with E-state index in [1.54, 1.807) is 12.1 Å². The minimum atomic E-state index is -0.416. The average molecular weight is 291 g/mol. The molecule has 0 aliphatic carbocycles. The second-order valence-electron chi connectivity index (χ2n) is 5.28. The third-order valence-electron chi connectivity index (χ3n) is 3.92. The molecule has 1 fully saturated rings. The van der Waals surface area contributed by atoms with Crippen LogP contribution in [0.1, 0.15) is 44.8 Å². The van der Waals surface area contributed by atoms with Crippen molar-refractivity contribution in [3.63, 3.8) is 0 Å². The van der Waals surface area contributed by atoms with Crippen LogP contribution < -0.4 is 5.32 Å². The van der Waals surface area contributed by atoms with Crippen molar-refractivity contribution in [2.24, 2.45) is 0 Å². The Morgan fingerprint density at radius 1 is 1.38 bits per heavy atom. The molecule has 6 nitrogen and oxygen atoms in total. The summed E-state index contributed by atoms with van der Waals surface area (Å²) in [6.07, 6.45) is 2.71. The third kappa shape index (κ3) is 3.21. The molecule has 0 saturated carbocycles. The molecule has 1 N–H and O–H groups in total. The van der Waals surface area contributed by atoms with Crippen LogP contribution in [0.15, 0.2) is 24.3 Å². The number of hydrogen-bond donors (Lipinski definition) is 1. The molecule has 2 rings (SSSR count). The molecule has 0 aromatic heterocycles. The van der Waals surface area contributed by atoms with Gasteiger partial charge in [-0.3, -0.25) is 20.2 Å². The first kappa shape index (κ1) is 15.4. The molecule has 1 aromatic carbocycles. The van der Waals surface area contributed by atoms with Crippen LogP contribution in [-0.2, 0) is 4.79 Å². The molecule has 1 aliphatic rings. The molecule has 0 bridgehead atoms. The lowest BCUT2D eigenvalue weighted by atomic mass is 10.0. The summed E-state index contributed by atoms with van der Waals surface area (Å²) in [5, 5.41) is 13.9. The zero-order valence-corrected chi connectivity index (χ0v) is 12.4. The smallest absolute Gasteiger partial charge is 0.269 e. The molecule has 0 radical (unpaired) electrons. The SMILES string of the molecule is CCCC(CC)N1C(=O)CNC1c1ccc([N+](=O)[O-])cc1. The van der Waals surface area contributed by atoms with E-state index in [9.17, 15) is 14.9 Å². The minimum Gasteiger partial charge on any atom is -0.319 e. The van der Waals surface area contributed by atoms with Gasteiger partial charge in [-0.25, -0.2) is 0 Å². The highest BCUT2D eigenvalue weighted by Gasteiger charge is 2.35. The molecule has 1 saturated heterocycles. The van der Waals surface area contributed by atoms with E-state index in [1.807, 2.05) is 4.90 Å². The quantitative estimate of drug-likeness (QED) is 0.645. The maximum absolute atomic E-state index is 12.2. The van der Waals surface area contributed by atoms with Crippen LogP contribution in [0.5, 0.6) is 0 Å². The van der Waals surface area contributed by atoms with Gasteiger partial charge >= 0.3 is 0 Å². The second-order valence-corrected chi connectivity index (χ2v) is 5.28. The monoisotopic (exact) mass is 291 g/mol. The van der Waals surface area contributed by atoms with Crippen LogP contribution >= 0.6 is 0 Å². The van der Waals surface area contributed by atoms with E-state index in [1.165, 1.54) is 12.1 Å². The zero-order valence-electron chi connectivity index (χ0n) is 12.4. The Bertz CT molecular complexity index is 515. The molecule has 1 amide bonds. The summed E-state index contributed by atoms with van der Waals surface area (Å²) in [5.74, 6) is 0.0960. The van der Waals surface area contributed by atoms with Crippen LogP contribution in [0.2, 0.25) is 0 Å². The standard InChI is InChI=1S/C15H21N3O3/c1-3-5-12(4-2)17-14(19)10-16-15(17)11-6-8-13(9-7-11)18(20)21/h6-9,12,15-16H,3-5,10H2,1-2H3. The summed E-state index contributed by atoms with van der Waals surface area (Å²) >= 11 is 0. The lowest BCUT2D eigenvalue weighted by Gasteiger charge is -2.32. The van der Waals surface area contributed by atoms with E-state index in [0.717, 1.165) is 24.8 Å². The van der Waals surface area contributed by atoms with E-state index in [0.29, 0.717) is 6.54 Å². The average Bonchev–Trinajstić information content (AvgIpc) is 2.86. The van der Waals surface area contributed by atoms with Crippen molar-refractivity contribution in [1.82, 2.24) is 10.2 Å². The molecule has 114 valence electrons. The fourth-order valence-electron chi connectivity index (χ4n) is 2.86. The number of non-ortho nitro benzene ring substituents is 1. The van der Waals surface area contributed by atoms with Gasteiger partial charge in [0.15, 0.2) is 0 Å². The molecule has 2 unspecified atom stereocenters. The van der Waals surface area contributed by atoms with Gasteiger partial charge in [0.05, 0.1) is 11.5 Å². The van der Waals surface area contributed by atoms with Crippen LogP contribution in [0.25, 0.3) is 0 Å². The number of nitrogens with zero attached hydrogens (tertiary/aromatic N) is 2. The fraction of sp³-hybridized carbons (Fsp3) is 0.533. The van der Waals surface area contributed by atoms with Gasteiger partial charge in [-0.15, -0.1) is 0 Å². The number of hydrogen-bond acceptors (Lipinski definition) is 4. The molecule has 6 heteroatoms. The Balaban J connectivity index is 2.24. The Morgan fingerprint density at radius 3 is 2.57 bits per heavy atom. The van der Waals surface area contributed by atoms with E-state index in [-0.39, 0.29) is 23.8 Å². The van der Waals surface area contributed by atoms with Crippen molar-refractivity contribution < 1.29 is 9.72 Å². The van der Waals surface area contributed by atoms with Crippen LogP contribution in [-0.4, -0.2) is 28.3 Å². The number of amides is 1. The number of benzene rings is 1. The van der Waals surface area contributed by atoms with Crippen molar-refractivity contribution in [1.29, 1.82) is 0 Å². The summed E-state index contributed by atoms with van der Waals surface area (Å²) in [6, 6.07) is 6.62. The molecule has 0 spiro atoms. The van der Waals surface area contributed by atoms with Gasteiger partial charge in [-0.05, 0) is 30.5 Å². The molecule has 1 heterocycles. The van der Waals surface area contributed by atoms with Crippen molar-refractivity contribution in [2.75, 3.05) is 6.54 Å². The molecular formula is C15H21N3O3. The van der Waals surface area contributed by atoms with Crippen LogP contribution in [0.3, 0.4) is 0 Å². The first-order chi connectivity index (χ1) is 10.1. The number of carbonyl (C=O) groups excluding carboxylic acids is 1. The zero-order chi connectivity index (χ0) is 15.4. The molecule has 21 heavy (non-hydrogen) atoms. The van der Waals surface area contributed by atoms with E-state index < -0.39 is 4.92 Å². The van der Waals surface area contributed by atoms with E-state index in [2.05, 4.69) is 19.2 Å². The van der Waals surface area contributed by atoms with Crippen molar-refractivity contribution in [2.45, 2.75) is 45.3 Å². The highest BCUT2D eigenvalue weighted by atomic mass is 16.6. The van der Waals surface area contributed by atoms with Gasteiger partial charge in [0.1, 0.15) is 6.17 Å². The van der Waals surface area contributed by atoms with E-state index >= 15 is 0 Å². The summed E-state index contributed by atoms with van der Waals surface area (Å²) in [7, 11) is 0. The second kappa shape index (κ2) is 6.67. The molecular weight excluding hydrogens is 270 g/mol. The summed E-state index contributed by atoms with van der Waals surface area (Å²) in [4.78, 5) is 24.4. The summed E-state index contributed by atoms with van der Waals surface area (Å²) in [5.41, 5.74) is 0.955. The maximum Gasteiger partial charge on any atom is 0.269 e. The number of nitro benzene ring substituents is 1. The van der Waals surface area contributed by atoms with Gasteiger partial charge in [0.2, 0.25) is 5.91 Å². The third-order valence-corrected chi connectivity index (χ3v) is 3.92. The summed E-state index contributed by atoms with van der Waals surface area (Å²) < 4.78 is 0. The van der Waals surface area contributed by atoms with Gasteiger partial charge in [-0.2, -0.15) is 0 Å². The Morgan fingerprint density at radius 2 is 2.05 bits per heavy atom. The van der Waals surface area contributed by atoms with Gasteiger partial charge in [0, 0.05) is 18.2 Å². The predicted octanol–water partition coefficient (Wildman–Crippen LogP) is 2.60. The number of nitro groups is 1. The van der Waals surface area contributed by atoms with E-state index in [4.69, 9.17) is 0 Å². The molecule has 1 aliphatic heterocycles. The largest absolute Gasteiger partial charge is 0.319 e. The van der Waals surface area contributed by atoms with Crippen LogP contribution in [0.4, 0.5) is 5.69 Å². The lowest BCUT2D eigenvalue weighted by Crippen LogP contribution is -2.39. The first-order valence-electron chi connectivity index (χ1n) is 7.37.